The van der Waals surface area contributed by atoms with E-state index in [1.54, 1.807) is 7.11 Å². The minimum Gasteiger partial charge on any atom is -0.381 e. The quantitative estimate of drug-likeness (QED) is 0.437. The van der Waals surface area contributed by atoms with E-state index >= 15 is 4.39 Å². The molecular weight excluding hydrogens is 462 g/mol. The van der Waals surface area contributed by atoms with Gasteiger partial charge < -0.3 is 31.3 Å². The number of likely N-dealkylation sites (tertiary alicyclic amines) is 2. The second-order valence-corrected chi connectivity index (χ2v) is 9.64. The Morgan fingerprint density at radius 3 is 2.71 bits per heavy atom. The summed E-state index contributed by atoms with van der Waals surface area (Å²) >= 11 is 0. The van der Waals surface area contributed by atoms with Crippen LogP contribution in [0, 0.1) is 5.92 Å². The Morgan fingerprint density at radius 2 is 2.00 bits per heavy atom. The number of amides is 2. The number of carbonyl (C=O) groups excluding carboxylic acids is 2. The van der Waals surface area contributed by atoms with Gasteiger partial charge >= 0.3 is 0 Å². The number of nitrogens with zero attached hydrogens (tertiary/aromatic N) is 4. The fourth-order valence-electron chi connectivity index (χ4n) is 5.49. The molecule has 0 aliphatic carbocycles. The van der Waals surface area contributed by atoms with Gasteiger partial charge in [-0.05, 0) is 25.9 Å². The average molecular weight is 495 g/mol. The van der Waals surface area contributed by atoms with Crippen LogP contribution < -0.4 is 21.7 Å². The van der Waals surface area contributed by atoms with Crippen LogP contribution in [0.15, 0.2) is 5.83 Å². The number of halogens is 2. The predicted molar refractivity (Wildman–Crippen MR) is 125 cm³/mol. The minimum absolute atomic E-state index is 0.0332. The Hall–Kier alpha value is -2.77. The van der Waals surface area contributed by atoms with E-state index < -0.39 is 30.0 Å². The minimum atomic E-state index is -1.19. The number of hydrogen-bond acceptors (Lipinski definition) is 8. The van der Waals surface area contributed by atoms with Crippen molar-refractivity contribution in [1.82, 2.24) is 30.2 Å². The number of nitrogen functional groups attached to an aromatic ring is 1. The number of nitrogens with one attached hydrogen (secondary N) is 3. The molecule has 4 aliphatic rings. The highest BCUT2D eigenvalue weighted by Gasteiger charge is 2.42. The van der Waals surface area contributed by atoms with Crippen LogP contribution in [-0.4, -0.2) is 109 Å². The Balaban J connectivity index is 1.23. The molecule has 4 aliphatic heterocycles. The van der Waals surface area contributed by atoms with Gasteiger partial charge in [0.1, 0.15) is 23.4 Å². The van der Waals surface area contributed by atoms with Crippen LogP contribution in [0.25, 0.3) is 6.20 Å². The Bertz CT molecular complexity index is 1000. The first-order valence-electron chi connectivity index (χ1n) is 12.0. The molecule has 0 radical (unpaired) electrons. The summed E-state index contributed by atoms with van der Waals surface area (Å²) in [6.07, 6.45) is 1.40. The molecule has 0 spiro atoms. The molecule has 0 bridgehead atoms. The third kappa shape index (κ3) is 4.59. The summed E-state index contributed by atoms with van der Waals surface area (Å²) in [4.78, 5) is 29.8. The molecule has 3 atom stereocenters. The topological polar surface area (TPSA) is 130 Å². The SMILES string of the molecule is COC1CN(C(=O)C2CCN(C3C(F)CNCC3NC(=O)c3c(N)nn4c3NCC(F)=C4)CC2)C1. The number of alkyl halides is 1. The average Bonchev–Trinajstić information content (AvgIpc) is 3.13. The maximum atomic E-state index is 15.2. The molecule has 13 heteroatoms. The molecule has 5 heterocycles. The van der Waals surface area contributed by atoms with E-state index in [-0.39, 0.29) is 42.4 Å². The van der Waals surface area contributed by atoms with Crippen LogP contribution in [0.2, 0.25) is 0 Å². The Kier molecular flexibility index (Phi) is 6.64. The van der Waals surface area contributed by atoms with Crippen LogP contribution in [0.5, 0.6) is 0 Å². The fourth-order valence-corrected chi connectivity index (χ4v) is 5.49. The van der Waals surface area contributed by atoms with E-state index in [2.05, 4.69) is 21.0 Å². The van der Waals surface area contributed by atoms with E-state index in [1.165, 1.54) is 10.9 Å². The van der Waals surface area contributed by atoms with Gasteiger partial charge in [0, 0.05) is 39.2 Å². The summed E-state index contributed by atoms with van der Waals surface area (Å²) in [5.74, 6) is -0.583. The molecule has 3 fully saturated rings. The van der Waals surface area contributed by atoms with Crippen molar-refractivity contribution in [3.63, 3.8) is 0 Å². The maximum absolute atomic E-state index is 15.2. The zero-order valence-corrected chi connectivity index (χ0v) is 19.7. The van der Waals surface area contributed by atoms with E-state index in [0.29, 0.717) is 51.4 Å². The van der Waals surface area contributed by atoms with Crippen LogP contribution in [0.1, 0.15) is 23.2 Å². The highest BCUT2D eigenvalue weighted by Crippen LogP contribution is 2.29. The molecule has 2 amide bonds. The van der Waals surface area contributed by atoms with E-state index in [1.807, 2.05) is 9.80 Å². The standard InChI is InChI=1S/C22H32F2N8O3/c1-35-14-10-31(11-14)22(34)12-2-4-30(5-3-12)18-15(24)7-26-8-16(18)28-21(33)17-19(25)29-32-9-13(23)6-27-20(17)32/h9,12,14-16,18,26-27H,2-8,10-11H2,1H3,(H2,25,29)(H,28,33). The number of anilines is 2. The normalized spacial score (nSPS) is 28.0. The zero-order valence-electron chi connectivity index (χ0n) is 19.7. The number of piperidine rings is 2. The molecule has 11 nitrogen and oxygen atoms in total. The number of carbonyl (C=O) groups is 2. The van der Waals surface area contributed by atoms with Crippen molar-refractivity contribution >= 4 is 29.7 Å². The number of rotatable bonds is 5. The van der Waals surface area contributed by atoms with Gasteiger partial charge in [-0.15, -0.1) is 5.10 Å². The maximum Gasteiger partial charge on any atom is 0.259 e. The Labute approximate surface area is 202 Å². The molecule has 0 aromatic carbocycles. The number of nitrogens with two attached hydrogens (primary N) is 1. The van der Waals surface area contributed by atoms with Gasteiger partial charge in [-0.25, -0.2) is 13.5 Å². The summed E-state index contributed by atoms with van der Waals surface area (Å²) in [5, 5.41) is 12.8. The van der Waals surface area contributed by atoms with Crippen molar-refractivity contribution in [2.45, 2.75) is 37.2 Å². The molecule has 5 N–H and O–H groups in total. The summed E-state index contributed by atoms with van der Waals surface area (Å²) < 4.78 is 35.2. The van der Waals surface area contributed by atoms with Crippen molar-refractivity contribution in [3.05, 3.63) is 11.4 Å². The first-order valence-corrected chi connectivity index (χ1v) is 12.0. The van der Waals surface area contributed by atoms with E-state index in [4.69, 9.17) is 10.5 Å². The first-order chi connectivity index (χ1) is 16.9. The van der Waals surface area contributed by atoms with Crippen LogP contribution >= 0.6 is 0 Å². The van der Waals surface area contributed by atoms with Gasteiger partial charge in [0.05, 0.1) is 30.9 Å². The van der Waals surface area contributed by atoms with Crippen LogP contribution in [0.4, 0.5) is 20.4 Å². The highest BCUT2D eigenvalue weighted by molar-refractivity contribution is 6.04. The lowest BCUT2D eigenvalue weighted by atomic mass is 9.89. The van der Waals surface area contributed by atoms with Crippen molar-refractivity contribution in [1.29, 1.82) is 0 Å². The number of aromatic nitrogens is 2. The Morgan fingerprint density at radius 1 is 1.26 bits per heavy atom. The van der Waals surface area contributed by atoms with E-state index in [9.17, 15) is 14.0 Å². The molecule has 5 rings (SSSR count). The third-order valence-corrected chi connectivity index (χ3v) is 7.45. The molecule has 192 valence electrons. The van der Waals surface area contributed by atoms with Gasteiger partial charge in [0.15, 0.2) is 5.82 Å². The summed E-state index contributed by atoms with van der Waals surface area (Å²) in [6.45, 7) is 2.93. The van der Waals surface area contributed by atoms with Crippen molar-refractivity contribution in [3.8, 4) is 0 Å². The van der Waals surface area contributed by atoms with Gasteiger partial charge in [-0.1, -0.05) is 0 Å². The summed E-state index contributed by atoms with van der Waals surface area (Å²) in [5.41, 5.74) is 6.06. The highest BCUT2D eigenvalue weighted by atomic mass is 19.1. The third-order valence-electron chi connectivity index (χ3n) is 7.45. The summed E-state index contributed by atoms with van der Waals surface area (Å²) in [7, 11) is 1.65. The lowest BCUT2D eigenvalue weighted by molar-refractivity contribution is -0.149. The molecule has 3 unspecified atom stereocenters. The van der Waals surface area contributed by atoms with Crippen molar-refractivity contribution in [2.24, 2.45) is 5.92 Å². The van der Waals surface area contributed by atoms with Crippen LogP contribution in [-0.2, 0) is 9.53 Å². The number of hydrogen-bond donors (Lipinski definition) is 4. The molecule has 3 saturated heterocycles. The van der Waals surface area contributed by atoms with Gasteiger partial charge in [0.25, 0.3) is 5.91 Å². The first kappa shape index (κ1) is 23.9. The molecule has 1 aromatic heterocycles. The number of fused-ring (bicyclic) bond motifs is 1. The molecular formula is C22H32F2N8O3. The second-order valence-electron chi connectivity index (χ2n) is 9.64. The van der Waals surface area contributed by atoms with Crippen molar-refractivity contribution in [2.75, 3.05) is 64.0 Å². The zero-order chi connectivity index (χ0) is 24.7. The molecule has 1 aromatic rings. The molecule has 35 heavy (non-hydrogen) atoms. The summed E-state index contributed by atoms with van der Waals surface area (Å²) in [6, 6.07) is -1.04. The number of ether oxygens (including phenoxy) is 1. The number of methoxy groups -OCH3 is 1. The predicted octanol–water partition coefficient (Wildman–Crippen LogP) is -0.364. The van der Waals surface area contributed by atoms with Crippen LogP contribution in [0.3, 0.4) is 0 Å². The fraction of sp³-hybridized carbons (Fsp3) is 0.682. The van der Waals surface area contributed by atoms with Gasteiger partial charge in [-0.2, -0.15) is 0 Å². The smallest absolute Gasteiger partial charge is 0.259 e. The van der Waals surface area contributed by atoms with Gasteiger partial charge in [-0.3, -0.25) is 14.5 Å². The monoisotopic (exact) mass is 494 g/mol. The largest absolute Gasteiger partial charge is 0.381 e. The van der Waals surface area contributed by atoms with Gasteiger partial charge in [0.2, 0.25) is 5.91 Å². The van der Waals surface area contributed by atoms with E-state index in [0.717, 1.165) is 0 Å². The molecule has 0 saturated carbocycles. The lowest BCUT2D eigenvalue weighted by Crippen LogP contribution is -2.66. The second kappa shape index (κ2) is 9.70. The van der Waals surface area contributed by atoms with Crippen molar-refractivity contribution < 1.29 is 23.1 Å². The lowest BCUT2D eigenvalue weighted by Gasteiger charge is -2.46.